The second-order valence-electron chi connectivity index (χ2n) is 7.85. The highest BCUT2D eigenvalue weighted by atomic mass is 16.6. The molecule has 0 spiro atoms. The van der Waals surface area contributed by atoms with Gasteiger partial charge >= 0.3 is 17.6 Å². The van der Waals surface area contributed by atoms with E-state index in [2.05, 4.69) is 9.97 Å². The van der Waals surface area contributed by atoms with Crippen LogP contribution in [0.3, 0.4) is 0 Å². The van der Waals surface area contributed by atoms with E-state index in [-0.39, 0.29) is 13.0 Å². The van der Waals surface area contributed by atoms with Crippen LogP contribution in [0.1, 0.15) is 33.4 Å². The van der Waals surface area contributed by atoms with Gasteiger partial charge in [-0.3, -0.25) is 4.57 Å². The number of carbonyl (C=O) groups is 2. The number of aromatic nitrogens is 3. The van der Waals surface area contributed by atoms with E-state index in [4.69, 9.17) is 14.2 Å². The zero-order valence-corrected chi connectivity index (χ0v) is 18.0. The van der Waals surface area contributed by atoms with Crippen molar-refractivity contribution in [2.75, 3.05) is 6.61 Å². The molecule has 0 bridgehead atoms. The first-order valence-electron chi connectivity index (χ1n) is 10.8. The van der Waals surface area contributed by atoms with Gasteiger partial charge < -0.3 is 19.2 Å². The molecule has 5 rings (SSSR count). The second-order valence-corrected chi connectivity index (χ2v) is 7.85. The number of aromatic amines is 1. The van der Waals surface area contributed by atoms with Crippen molar-refractivity contribution in [1.82, 2.24) is 14.5 Å². The Morgan fingerprint density at radius 2 is 1.68 bits per heavy atom. The SMILES string of the molecule is O=C(OC[C@H]1O[C@@H](n2cc3cc[nH]c3nc2=O)C[C@H]1OC(=O)c1ccccc1)c1ccccc1. The van der Waals surface area contributed by atoms with Crippen molar-refractivity contribution in [2.24, 2.45) is 0 Å². The average Bonchev–Trinajstić information content (AvgIpc) is 3.49. The lowest BCUT2D eigenvalue weighted by Crippen LogP contribution is -2.32. The van der Waals surface area contributed by atoms with Gasteiger partial charge in [0.05, 0.1) is 11.1 Å². The van der Waals surface area contributed by atoms with E-state index in [9.17, 15) is 14.4 Å². The summed E-state index contributed by atoms with van der Waals surface area (Å²) in [5.41, 5.74) is 0.751. The van der Waals surface area contributed by atoms with Gasteiger partial charge in [0.25, 0.3) is 0 Å². The maximum Gasteiger partial charge on any atom is 0.351 e. The molecule has 2 aromatic heterocycles. The first-order chi connectivity index (χ1) is 16.6. The summed E-state index contributed by atoms with van der Waals surface area (Å²) in [5.74, 6) is -1.05. The lowest BCUT2D eigenvalue weighted by molar-refractivity contribution is -0.0581. The molecule has 3 heterocycles. The summed E-state index contributed by atoms with van der Waals surface area (Å²) in [6.45, 7) is -0.147. The maximum atomic E-state index is 12.7. The van der Waals surface area contributed by atoms with Gasteiger partial charge in [-0.05, 0) is 30.3 Å². The predicted octanol–water partition coefficient (Wildman–Crippen LogP) is 3.09. The molecule has 4 aromatic rings. The summed E-state index contributed by atoms with van der Waals surface area (Å²) in [7, 11) is 0. The monoisotopic (exact) mass is 459 g/mol. The Morgan fingerprint density at radius 3 is 2.38 bits per heavy atom. The average molecular weight is 459 g/mol. The number of carbonyl (C=O) groups excluding carboxylic acids is 2. The molecule has 1 aliphatic heterocycles. The van der Waals surface area contributed by atoms with E-state index in [1.165, 1.54) is 4.57 Å². The van der Waals surface area contributed by atoms with Gasteiger partial charge in [-0.15, -0.1) is 0 Å². The number of fused-ring (bicyclic) bond motifs is 1. The summed E-state index contributed by atoms with van der Waals surface area (Å²) < 4.78 is 18.6. The second kappa shape index (κ2) is 9.32. The molecular weight excluding hydrogens is 438 g/mol. The Bertz CT molecular complexity index is 1370. The van der Waals surface area contributed by atoms with Crippen LogP contribution in [0.4, 0.5) is 0 Å². The zero-order valence-electron chi connectivity index (χ0n) is 18.0. The van der Waals surface area contributed by atoms with Crippen LogP contribution in [0, 0.1) is 0 Å². The van der Waals surface area contributed by atoms with Gasteiger partial charge in [-0.1, -0.05) is 36.4 Å². The molecule has 1 aliphatic rings. The van der Waals surface area contributed by atoms with Gasteiger partial charge in [0.2, 0.25) is 0 Å². The van der Waals surface area contributed by atoms with Crippen molar-refractivity contribution >= 4 is 23.0 Å². The number of esters is 2. The third-order valence-corrected chi connectivity index (χ3v) is 5.61. The van der Waals surface area contributed by atoms with Gasteiger partial charge in [0, 0.05) is 24.2 Å². The van der Waals surface area contributed by atoms with Crippen molar-refractivity contribution in [2.45, 2.75) is 24.9 Å². The first kappa shape index (κ1) is 21.6. The van der Waals surface area contributed by atoms with Crippen LogP contribution < -0.4 is 5.69 Å². The third kappa shape index (κ3) is 4.46. The highest BCUT2D eigenvalue weighted by molar-refractivity contribution is 5.90. The molecule has 1 fully saturated rings. The molecule has 9 heteroatoms. The predicted molar refractivity (Wildman–Crippen MR) is 121 cm³/mol. The van der Waals surface area contributed by atoms with E-state index < -0.39 is 36.1 Å². The summed E-state index contributed by atoms with van der Waals surface area (Å²) in [5, 5.41) is 0.736. The molecular formula is C25H21N3O6. The van der Waals surface area contributed by atoms with Gasteiger partial charge in [-0.2, -0.15) is 4.98 Å². The molecule has 172 valence electrons. The van der Waals surface area contributed by atoms with E-state index in [0.717, 1.165) is 5.39 Å². The topological polar surface area (TPSA) is 113 Å². The molecule has 1 N–H and O–H groups in total. The molecule has 1 saturated heterocycles. The van der Waals surface area contributed by atoms with Crippen molar-refractivity contribution < 1.29 is 23.8 Å². The molecule has 0 saturated carbocycles. The number of H-pyrrole nitrogens is 1. The molecule has 0 unspecified atom stereocenters. The van der Waals surface area contributed by atoms with E-state index in [1.54, 1.807) is 79.1 Å². The number of nitrogens with zero attached hydrogens (tertiary/aromatic N) is 2. The highest BCUT2D eigenvalue weighted by Gasteiger charge is 2.40. The van der Waals surface area contributed by atoms with E-state index in [1.807, 2.05) is 0 Å². The van der Waals surface area contributed by atoms with Crippen LogP contribution >= 0.6 is 0 Å². The number of rotatable bonds is 6. The lowest BCUT2D eigenvalue weighted by Gasteiger charge is -2.19. The molecule has 0 aliphatic carbocycles. The normalized spacial score (nSPS) is 19.7. The van der Waals surface area contributed by atoms with Crippen molar-refractivity contribution in [3.63, 3.8) is 0 Å². The number of nitrogens with one attached hydrogen (secondary N) is 1. The maximum absolute atomic E-state index is 12.7. The summed E-state index contributed by atoms with van der Waals surface area (Å²) in [4.78, 5) is 44.6. The summed E-state index contributed by atoms with van der Waals surface area (Å²) in [6, 6.07) is 18.9. The van der Waals surface area contributed by atoms with Crippen LogP contribution in [-0.4, -0.2) is 45.3 Å². The molecule has 2 aromatic carbocycles. The number of hydrogen-bond donors (Lipinski definition) is 1. The van der Waals surface area contributed by atoms with Crippen LogP contribution in [0.25, 0.3) is 11.0 Å². The van der Waals surface area contributed by atoms with E-state index >= 15 is 0 Å². The fraction of sp³-hybridized carbons (Fsp3) is 0.200. The minimum absolute atomic E-state index is 0.147. The van der Waals surface area contributed by atoms with Crippen LogP contribution in [-0.2, 0) is 14.2 Å². The molecule has 9 nitrogen and oxygen atoms in total. The van der Waals surface area contributed by atoms with Crippen LogP contribution in [0.2, 0.25) is 0 Å². The minimum Gasteiger partial charge on any atom is -0.459 e. The van der Waals surface area contributed by atoms with Gasteiger partial charge in [0.1, 0.15) is 30.7 Å². The van der Waals surface area contributed by atoms with Crippen LogP contribution in [0.5, 0.6) is 0 Å². The van der Waals surface area contributed by atoms with Gasteiger partial charge in [0.15, 0.2) is 0 Å². The Morgan fingerprint density at radius 1 is 1.00 bits per heavy atom. The number of ether oxygens (including phenoxy) is 3. The van der Waals surface area contributed by atoms with E-state index in [0.29, 0.717) is 16.8 Å². The third-order valence-electron chi connectivity index (χ3n) is 5.61. The molecule has 3 atom stereocenters. The zero-order chi connectivity index (χ0) is 23.5. The van der Waals surface area contributed by atoms with Crippen molar-refractivity contribution in [3.05, 3.63) is 101 Å². The first-order valence-corrected chi connectivity index (χ1v) is 10.8. The molecule has 0 radical (unpaired) electrons. The largest absolute Gasteiger partial charge is 0.459 e. The Hall–Kier alpha value is -4.24. The minimum atomic E-state index is -0.765. The number of benzene rings is 2. The lowest BCUT2D eigenvalue weighted by atomic mass is 10.1. The van der Waals surface area contributed by atoms with Gasteiger partial charge in [-0.25, -0.2) is 14.4 Å². The summed E-state index contributed by atoms with van der Waals surface area (Å²) >= 11 is 0. The Balaban J connectivity index is 1.36. The van der Waals surface area contributed by atoms with Crippen molar-refractivity contribution in [1.29, 1.82) is 0 Å². The molecule has 0 amide bonds. The quantitative estimate of drug-likeness (QED) is 0.441. The fourth-order valence-electron chi connectivity index (χ4n) is 3.88. The fourth-order valence-corrected chi connectivity index (χ4v) is 3.88. The summed E-state index contributed by atoms with van der Waals surface area (Å²) in [6.07, 6.45) is 1.28. The standard InChI is InChI=1S/C25H21N3O6/c29-23(16-7-3-1-4-8-16)32-15-20-19(34-24(30)17-9-5-2-6-10-17)13-21(33-20)28-14-18-11-12-26-22(18)27-25(28)31/h1-12,14,19-21H,13,15H2,(H,26,27,31)/t19-,20-,21-/m1/s1. The Labute approximate surface area is 193 Å². The highest BCUT2D eigenvalue weighted by Crippen LogP contribution is 2.31. The molecule has 34 heavy (non-hydrogen) atoms. The number of hydrogen-bond acceptors (Lipinski definition) is 7. The Kier molecular flexibility index (Phi) is 5.92. The smallest absolute Gasteiger partial charge is 0.351 e. The van der Waals surface area contributed by atoms with Crippen molar-refractivity contribution in [3.8, 4) is 0 Å². The van der Waals surface area contributed by atoms with Crippen LogP contribution in [0.15, 0.2) is 83.9 Å².